The lowest BCUT2D eigenvalue weighted by Crippen LogP contribution is -2.40. The summed E-state index contributed by atoms with van der Waals surface area (Å²) >= 11 is 0. The fourth-order valence-corrected chi connectivity index (χ4v) is 1.86. The molecule has 0 saturated heterocycles. The van der Waals surface area contributed by atoms with Crippen molar-refractivity contribution in [2.75, 3.05) is 0 Å². The minimum atomic E-state index is -1.44. The Morgan fingerprint density at radius 2 is 0.929 bits per heavy atom. The maximum atomic E-state index is 8.96. The van der Waals surface area contributed by atoms with Crippen LogP contribution in [0.1, 0.15) is 25.7 Å². The molecule has 0 radical (unpaired) electrons. The molecule has 0 aromatic carbocycles. The molecule has 14 heavy (non-hydrogen) atoms. The smallest absolute Gasteiger partial charge is 0.175 e. The van der Waals surface area contributed by atoms with Crippen LogP contribution in [0.15, 0.2) is 0 Å². The van der Waals surface area contributed by atoms with Crippen molar-refractivity contribution in [2.45, 2.75) is 25.7 Å². The van der Waals surface area contributed by atoms with Gasteiger partial charge in [0.2, 0.25) is 0 Å². The molecule has 4 heteroatoms. The van der Waals surface area contributed by atoms with Gasteiger partial charge in [-0.05, 0) is 12.8 Å². The molecule has 0 spiro atoms. The molecule has 1 rings (SSSR count). The Morgan fingerprint density at radius 3 is 1.14 bits per heavy atom. The van der Waals surface area contributed by atoms with E-state index in [1.165, 1.54) is 0 Å². The van der Waals surface area contributed by atoms with E-state index in [4.69, 9.17) is 21.0 Å². The average Bonchev–Trinajstić information content (AvgIpc) is 2.28. The molecule has 0 bridgehead atoms. The third-order valence-electron chi connectivity index (χ3n) is 2.85. The monoisotopic (exact) mass is 184 g/mol. The van der Waals surface area contributed by atoms with Crippen molar-refractivity contribution in [1.29, 1.82) is 21.0 Å². The van der Waals surface area contributed by atoms with Gasteiger partial charge in [-0.3, -0.25) is 0 Å². The van der Waals surface area contributed by atoms with Gasteiger partial charge in [-0.1, -0.05) is 12.8 Å². The number of nitriles is 4. The fraction of sp³-hybridized carbons (Fsp3) is 0.600. The first-order valence-electron chi connectivity index (χ1n) is 4.35. The first kappa shape index (κ1) is 10.0. The SMILES string of the molecule is N#CC1(C#N)CCCCC1(C#N)C#N. The molecule has 1 aliphatic carbocycles. The fourth-order valence-electron chi connectivity index (χ4n) is 1.86. The summed E-state index contributed by atoms with van der Waals surface area (Å²) in [5.74, 6) is 0. The zero-order valence-electron chi connectivity index (χ0n) is 7.62. The molecule has 0 unspecified atom stereocenters. The predicted octanol–water partition coefficient (Wildman–Crippen LogP) is 1.63. The third kappa shape index (κ3) is 1.02. The summed E-state index contributed by atoms with van der Waals surface area (Å²) in [6, 6.07) is 7.42. The molecule has 0 N–H and O–H groups in total. The molecule has 1 aliphatic rings. The van der Waals surface area contributed by atoms with E-state index in [2.05, 4.69) is 0 Å². The van der Waals surface area contributed by atoms with Crippen LogP contribution in [0, 0.1) is 56.2 Å². The minimum Gasteiger partial charge on any atom is -0.196 e. The van der Waals surface area contributed by atoms with Crippen LogP contribution < -0.4 is 0 Å². The summed E-state index contributed by atoms with van der Waals surface area (Å²) in [4.78, 5) is 0. The highest BCUT2D eigenvalue weighted by Crippen LogP contribution is 2.49. The highest BCUT2D eigenvalue weighted by atomic mass is 14.6. The van der Waals surface area contributed by atoms with Crippen molar-refractivity contribution >= 4 is 0 Å². The minimum absolute atomic E-state index is 0.321. The summed E-state index contributed by atoms with van der Waals surface area (Å²) in [5.41, 5.74) is -2.87. The first-order valence-corrected chi connectivity index (χ1v) is 4.35. The Balaban J connectivity index is 3.30. The first-order chi connectivity index (χ1) is 6.70. The van der Waals surface area contributed by atoms with Crippen LogP contribution in [-0.4, -0.2) is 0 Å². The second-order valence-electron chi connectivity index (χ2n) is 3.46. The zero-order valence-corrected chi connectivity index (χ0v) is 7.62. The summed E-state index contributed by atoms with van der Waals surface area (Å²) in [5, 5.41) is 35.9. The highest BCUT2D eigenvalue weighted by molar-refractivity contribution is 5.35. The van der Waals surface area contributed by atoms with E-state index in [-0.39, 0.29) is 0 Å². The molecular weight excluding hydrogens is 176 g/mol. The van der Waals surface area contributed by atoms with Gasteiger partial charge >= 0.3 is 0 Å². The number of hydrogen-bond donors (Lipinski definition) is 0. The van der Waals surface area contributed by atoms with Crippen LogP contribution in [0.2, 0.25) is 0 Å². The van der Waals surface area contributed by atoms with Gasteiger partial charge in [0.15, 0.2) is 10.8 Å². The molecule has 0 aliphatic heterocycles. The lowest BCUT2D eigenvalue weighted by atomic mass is 9.58. The van der Waals surface area contributed by atoms with Crippen LogP contribution in [0.25, 0.3) is 0 Å². The van der Waals surface area contributed by atoms with Gasteiger partial charge < -0.3 is 0 Å². The largest absolute Gasteiger partial charge is 0.196 e. The van der Waals surface area contributed by atoms with Gasteiger partial charge in [-0.2, -0.15) is 21.0 Å². The van der Waals surface area contributed by atoms with Gasteiger partial charge in [-0.25, -0.2) is 0 Å². The van der Waals surface area contributed by atoms with Crippen LogP contribution in [0.3, 0.4) is 0 Å². The summed E-state index contributed by atoms with van der Waals surface area (Å²) in [6.07, 6.45) is 2.10. The topological polar surface area (TPSA) is 95.2 Å². The molecule has 0 aromatic rings. The van der Waals surface area contributed by atoms with Crippen LogP contribution in [0.4, 0.5) is 0 Å². The Bertz CT molecular complexity index is 328. The molecule has 4 nitrogen and oxygen atoms in total. The number of rotatable bonds is 0. The van der Waals surface area contributed by atoms with Gasteiger partial charge in [0.05, 0.1) is 24.3 Å². The van der Waals surface area contributed by atoms with Crippen molar-refractivity contribution in [3.63, 3.8) is 0 Å². The van der Waals surface area contributed by atoms with Crippen molar-refractivity contribution in [3.05, 3.63) is 0 Å². The van der Waals surface area contributed by atoms with Crippen molar-refractivity contribution in [3.8, 4) is 24.3 Å². The van der Waals surface area contributed by atoms with Gasteiger partial charge in [0, 0.05) is 0 Å². The molecule has 1 fully saturated rings. The van der Waals surface area contributed by atoms with E-state index in [0.717, 1.165) is 12.8 Å². The summed E-state index contributed by atoms with van der Waals surface area (Å²) in [7, 11) is 0. The maximum absolute atomic E-state index is 8.96. The quantitative estimate of drug-likeness (QED) is 0.571. The Labute approximate surface area is 82.6 Å². The lowest BCUT2D eigenvalue weighted by Gasteiger charge is -2.34. The standard InChI is InChI=1S/C10H8N4/c11-5-9(6-12)3-1-2-4-10(9,7-13)8-14/h1-4H2. The predicted molar refractivity (Wildman–Crippen MR) is 45.8 cm³/mol. The normalized spacial score (nSPS) is 22.0. The van der Waals surface area contributed by atoms with E-state index in [1.807, 2.05) is 24.3 Å². The van der Waals surface area contributed by atoms with E-state index in [0.29, 0.717) is 12.8 Å². The van der Waals surface area contributed by atoms with Crippen LogP contribution in [0.5, 0.6) is 0 Å². The summed E-state index contributed by atoms with van der Waals surface area (Å²) < 4.78 is 0. The van der Waals surface area contributed by atoms with Gasteiger partial charge in [0.25, 0.3) is 0 Å². The van der Waals surface area contributed by atoms with E-state index < -0.39 is 10.8 Å². The molecule has 0 amide bonds. The lowest BCUT2D eigenvalue weighted by molar-refractivity contribution is 0.204. The van der Waals surface area contributed by atoms with E-state index >= 15 is 0 Å². The average molecular weight is 184 g/mol. The molecule has 0 atom stereocenters. The van der Waals surface area contributed by atoms with Crippen molar-refractivity contribution in [2.24, 2.45) is 10.8 Å². The second kappa shape index (κ2) is 3.37. The molecular formula is C10H8N4. The van der Waals surface area contributed by atoms with E-state index in [1.54, 1.807) is 0 Å². The van der Waals surface area contributed by atoms with Crippen molar-refractivity contribution < 1.29 is 0 Å². The van der Waals surface area contributed by atoms with E-state index in [9.17, 15) is 0 Å². The molecule has 0 heterocycles. The Kier molecular flexibility index (Phi) is 2.42. The van der Waals surface area contributed by atoms with Crippen LogP contribution >= 0.6 is 0 Å². The molecule has 0 aromatic heterocycles. The molecule has 1 saturated carbocycles. The van der Waals surface area contributed by atoms with Crippen molar-refractivity contribution in [1.82, 2.24) is 0 Å². The number of nitrogens with zero attached hydrogens (tertiary/aromatic N) is 4. The second-order valence-corrected chi connectivity index (χ2v) is 3.46. The maximum Gasteiger partial charge on any atom is 0.175 e. The molecule has 68 valence electrons. The van der Waals surface area contributed by atoms with Crippen LogP contribution in [-0.2, 0) is 0 Å². The Hall–Kier alpha value is -2.04. The van der Waals surface area contributed by atoms with Gasteiger partial charge in [0.1, 0.15) is 0 Å². The number of hydrogen-bond acceptors (Lipinski definition) is 4. The summed E-state index contributed by atoms with van der Waals surface area (Å²) in [6.45, 7) is 0. The highest BCUT2D eigenvalue weighted by Gasteiger charge is 2.55. The van der Waals surface area contributed by atoms with Gasteiger partial charge in [-0.15, -0.1) is 0 Å². The zero-order chi connectivity index (χ0) is 10.7. The Morgan fingerprint density at radius 1 is 0.643 bits per heavy atom. The third-order valence-corrected chi connectivity index (χ3v) is 2.85.